The first kappa shape index (κ1) is 10.6. The van der Waals surface area contributed by atoms with Crippen LogP contribution in [0.3, 0.4) is 0 Å². The van der Waals surface area contributed by atoms with Crippen molar-refractivity contribution in [2.75, 3.05) is 19.6 Å². The third kappa shape index (κ3) is 2.26. The minimum Gasteiger partial charge on any atom is -0.311 e. The van der Waals surface area contributed by atoms with Crippen LogP contribution in [0.25, 0.3) is 0 Å². The predicted octanol–water partition coefficient (Wildman–Crippen LogP) is 1.47. The van der Waals surface area contributed by atoms with Gasteiger partial charge in [-0.1, -0.05) is 5.92 Å². The summed E-state index contributed by atoms with van der Waals surface area (Å²) in [6.07, 6.45) is 12.5. The van der Waals surface area contributed by atoms with Gasteiger partial charge in [-0.3, -0.25) is 4.90 Å². The molecule has 1 saturated carbocycles. The molecule has 0 amide bonds. The zero-order valence-electron chi connectivity index (χ0n) is 9.99. The third-order valence-corrected chi connectivity index (χ3v) is 4.45. The van der Waals surface area contributed by atoms with E-state index in [-0.39, 0.29) is 0 Å². The number of rotatable bonds is 5. The van der Waals surface area contributed by atoms with Gasteiger partial charge in [0.1, 0.15) is 0 Å². The van der Waals surface area contributed by atoms with E-state index in [2.05, 4.69) is 16.1 Å². The SMILES string of the molecule is C#CCN(CC1CC1)CC1CC2CCC1N2. The summed E-state index contributed by atoms with van der Waals surface area (Å²) in [5, 5.41) is 3.72. The summed E-state index contributed by atoms with van der Waals surface area (Å²) < 4.78 is 0. The monoisotopic (exact) mass is 218 g/mol. The average molecular weight is 218 g/mol. The van der Waals surface area contributed by atoms with Crippen LogP contribution in [-0.4, -0.2) is 36.6 Å². The van der Waals surface area contributed by atoms with Crippen molar-refractivity contribution in [2.45, 2.75) is 44.2 Å². The number of fused-ring (bicyclic) bond motifs is 2. The fourth-order valence-corrected chi connectivity index (χ4v) is 3.47. The van der Waals surface area contributed by atoms with Gasteiger partial charge in [-0.25, -0.2) is 0 Å². The lowest BCUT2D eigenvalue weighted by atomic mass is 9.89. The van der Waals surface area contributed by atoms with E-state index in [1.54, 1.807) is 0 Å². The molecule has 0 spiro atoms. The molecule has 3 rings (SSSR count). The summed E-state index contributed by atoms with van der Waals surface area (Å²) in [6.45, 7) is 3.33. The minimum atomic E-state index is 0.796. The van der Waals surface area contributed by atoms with Crippen LogP contribution in [0.5, 0.6) is 0 Å². The van der Waals surface area contributed by atoms with Crippen LogP contribution in [0.4, 0.5) is 0 Å². The van der Waals surface area contributed by atoms with Crippen molar-refractivity contribution in [2.24, 2.45) is 11.8 Å². The Hall–Kier alpha value is -0.520. The van der Waals surface area contributed by atoms with Gasteiger partial charge in [0.25, 0.3) is 0 Å². The van der Waals surface area contributed by atoms with Gasteiger partial charge in [0, 0.05) is 25.2 Å². The van der Waals surface area contributed by atoms with Crippen molar-refractivity contribution in [3.8, 4) is 12.3 Å². The van der Waals surface area contributed by atoms with Crippen LogP contribution in [0.1, 0.15) is 32.1 Å². The summed E-state index contributed by atoms with van der Waals surface area (Å²) in [6, 6.07) is 1.62. The lowest BCUT2D eigenvalue weighted by Gasteiger charge is -2.27. The maximum Gasteiger partial charge on any atom is 0.0599 e. The summed E-state index contributed by atoms with van der Waals surface area (Å²) >= 11 is 0. The van der Waals surface area contributed by atoms with Crippen LogP contribution >= 0.6 is 0 Å². The second kappa shape index (κ2) is 4.39. The average Bonchev–Trinajstić information content (AvgIpc) is 2.85. The van der Waals surface area contributed by atoms with Gasteiger partial charge >= 0.3 is 0 Å². The maximum atomic E-state index is 5.47. The molecule has 2 heterocycles. The zero-order valence-corrected chi connectivity index (χ0v) is 9.99. The fraction of sp³-hybridized carbons (Fsp3) is 0.857. The Morgan fingerprint density at radius 1 is 1.19 bits per heavy atom. The van der Waals surface area contributed by atoms with Gasteiger partial charge in [-0.05, 0) is 43.9 Å². The maximum absolute atomic E-state index is 5.47. The minimum absolute atomic E-state index is 0.796. The summed E-state index contributed by atoms with van der Waals surface area (Å²) in [5.41, 5.74) is 0. The van der Waals surface area contributed by atoms with E-state index in [9.17, 15) is 0 Å². The lowest BCUT2D eigenvalue weighted by Crippen LogP contribution is -2.36. The molecule has 2 saturated heterocycles. The zero-order chi connectivity index (χ0) is 11.0. The van der Waals surface area contributed by atoms with Crippen molar-refractivity contribution < 1.29 is 0 Å². The first-order chi connectivity index (χ1) is 7.85. The van der Waals surface area contributed by atoms with E-state index in [1.807, 2.05) is 0 Å². The molecule has 2 bridgehead atoms. The Morgan fingerprint density at radius 2 is 2.06 bits per heavy atom. The molecule has 88 valence electrons. The first-order valence-electron chi connectivity index (χ1n) is 6.77. The molecule has 1 N–H and O–H groups in total. The van der Waals surface area contributed by atoms with Crippen molar-refractivity contribution in [1.29, 1.82) is 0 Å². The van der Waals surface area contributed by atoms with Crippen molar-refractivity contribution in [3.63, 3.8) is 0 Å². The Bertz CT molecular complexity index is 290. The lowest BCUT2D eigenvalue weighted by molar-refractivity contribution is 0.224. The summed E-state index contributed by atoms with van der Waals surface area (Å²) in [7, 11) is 0. The molecule has 3 fully saturated rings. The standard InChI is InChI=1S/C14H22N2/c1-2-7-16(9-11-3-4-11)10-12-8-13-5-6-14(12)15-13/h1,11-15H,3-10H2. The number of nitrogens with zero attached hydrogens (tertiary/aromatic N) is 1. The first-order valence-corrected chi connectivity index (χ1v) is 6.77. The van der Waals surface area contributed by atoms with Gasteiger partial charge in [0.05, 0.1) is 6.54 Å². The van der Waals surface area contributed by atoms with E-state index in [4.69, 9.17) is 6.42 Å². The largest absolute Gasteiger partial charge is 0.311 e. The highest BCUT2D eigenvalue weighted by Gasteiger charge is 2.39. The number of terminal acetylenes is 1. The molecule has 16 heavy (non-hydrogen) atoms. The molecule has 2 heteroatoms. The van der Waals surface area contributed by atoms with Crippen LogP contribution in [0.2, 0.25) is 0 Å². The van der Waals surface area contributed by atoms with E-state index in [0.717, 1.165) is 30.5 Å². The van der Waals surface area contributed by atoms with Gasteiger partial charge in [0.2, 0.25) is 0 Å². The highest BCUT2D eigenvalue weighted by molar-refractivity contribution is 4.99. The Balaban J connectivity index is 1.52. The molecule has 3 unspecified atom stereocenters. The van der Waals surface area contributed by atoms with Crippen LogP contribution in [0, 0.1) is 24.2 Å². The molecule has 3 atom stereocenters. The molecule has 0 aromatic heterocycles. The van der Waals surface area contributed by atoms with E-state index in [1.165, 1.54) is 45.2 Å². The van der Waals surface area contributed by atoms with E-state index >= 15 is 0 Å². The Labute approximate surface area is 98.8 Å². The summed E-state index contributed by atoms with van der Waals surface area (Å²) in [5.74, 6) is 4.65. The van der Waals surface area contributed by atoms with Gasteiger partial charge in [0.15, 0.2) is 0 Å². The Kier molecular flexibility index (Phi) is 2.91. The third-order valence-electron chi connectivity index (χ3n) is 4.45. The highest BCUT2D eigenvalue weighted by Crippen LogP contribution is 2.35. The quantitative estimate of drug-likeness (QED) is 0.703. The molecule has 0 radical (unpaired) electrons. The second-order valence-electron chi connectivity index (χ2n) is 5.88. The summed E-state index contributed by atoms with van der Waals surface area (Å²) in [4.78, 5) is 2.52. The molecule has 2 nitrogen and oxygen atoms in total. The number of hydrogen-bond donors (Lipinski definition) is 1. The fourth-order valence-electron chi connectivity index (χ4n) is 3.47. The topological polar surface area (TPSA) is 15.3 Å². The molecular formula is C14H22N2. The Morgan fingerprint density at radius 3 is 2.62 bits per heavy atom. The van der Waals surface area contributed by atoms with Gasteiger partial charge < -0.3 is 5.32 Å². The normalized spacial score (nSPS) is 36.9. The number of hydrogen-bond acceptors (Lipinski definition) is 2. The van der Waals surface area contributed by atoms with Crippen molar-refractivity contribution in [3.05, 3.63) is 0 Å². The smallest absolute Gasteiger partial charge is 0.0599 e. The van der Waals surface area contributed by atoms with Crippen molar-refractivity contribution >= 4 is 0 Å². The van der Waals surface area contributed by atoms with Crippen LogP contribution in [0.15, 0.2) is 0 Å². The molecular weight excluding hydrogens is 196 g/mol. The number of nitrogens with one attached hydrogen (secondary N) is 1. The molecule has 0 aromatic rings. The van der Waals surface area contributed by atoms with E-state index < -0.39 is 0 Å². The highest BCUT2D eigenvalue weighted by atomic mass is 15.1. The second-order valence-corrected chi connectivity index (χ2v) is 5.88. The van der Waals surface area contributed by atoms with Gasteiger partial charge in [-0.2, -0.15) is 0 Å². The molecule has 2 aliphatic heterocycles. The van der Waals surface area contributed by atoms with Gasteiger partial charge in [-0.15, -0.1) is 6.42 Å². The molecule has 0 aromatic carbocycles. The van der Waals surface area contributed by atoms with Crippen LogP contribution < -0.4 is 5.32 Å². The molecule has 3 aliphatic rings. The predicted molar refractivity (Wildman–Crippen MR) is 66.0 cm³/mol. The van der Waals surface area contributed by atoms with E-state index in [0.29, 0.717) is 0 Å². The molecule has 1 aliphatic carbocycles. The van der Waals surface area contributed by atoms with Crippen molar-refractivity contribution in [1.82, 2.24) is 10.2 Å². The van der Waals surface area contributed by atoms with Crippen LogP contribution in [-0.2, 0) is 0 Å².